The van der Waals surface area contributed by atoms with Crippen molar-refractivity contribution in [2.24, 2.45) is 5.73 Å². The molecule has 1 aliphatic heterocycles. The highest BCUT2D eigenvalue weighted by molar-refractivity contribution is 7.71. The van der Waals surface area contributed by atoms with Crippen LogP contribution in [-0.2, 0) is 16.0 Å². The van der Waals surface area contributed by atoms with Gasteiger partial charge in [-0.3, -0.25) is 19.1 Å². The molecule has 1 amide bonds. The van der Waals surface area contributed by atoms with Gasteiger partial charge in [0.1, 0.15) is 18.3 Å². The van der Waals surface area contributed by atoms with Crippen LogP contribution in [0.15, 0.2) is 11.0 Å². The van der Waals surface area contributed by atoms with Crippen molar-refractivity contribution in [1.29, 1.82) is 0 Å². The van der Waals surface area contributed by atoms with E-state index in [1.54, 1.807) is 0 Å². The number of nitrogens with one attached hydrogen (secondary N) is 1. The van der Waals surface area contributed by atoms with Crippen LogP contribution in [0.5, 0.6) is 0 Å². The van der Waals surface area contributed by atoms with Gasteiger partial charge in [0.15, 0.2) is 11.0 Å². The molecule has 2 rings (SSSR count). The number of nitrogens with two attached hydrogens (primary N) is 1. The van der Waals surface area contributed by atoms with Crippen LogP contribution in [0.4, 0.5) is 0 Å². The molecule has 0 bridgehead atoms. The molecule has 116 valence electrons. The third-order valence-electron chi connectivity index (χ3n) is 3.20. The van der Waals surface area contributed by atoms with Crippen LogP contribution in [-0.4, -0.2) is 55.7 Å². The van der Waals surface area contributed by atoms with E-state index in [-0.39, 0.29) is 16.8 Å². The molecule has 1 unspecified atom stereocenters. The molecule has 0 spiro atoms. The summed E-state index contributed by atoms with van der Waals surface area (Å²) in [5.74, 6) is -0.703. The molecule has 0 saturated carbocycles. The molecule has 1 aliphatic rings. The Morgan fingerprint density at radius 3 is 2.67 bits per heavy atom. The lowest BCUT2D eigenvalue weighted by atomic mass is 10.1. The van der Waals surface area contributed by atoms with E-state index in [1.807, 2.05) is 0 Å². The summed E-state index contributed by atoms with van der Waals surface area (Å²) in [5, 5.41) is 28.7. The Morgan fingerprint density at radius 2 is 2.14 bits per heavy atom. The number of aromatic nitrogens is 2. The second-order valence-electron chi connectivity index (χ2n) is 4.69. The number of aliphatic hydroxyl groups excluding tert-OH is 3. The van der Waals surface area contributed by atoms with E-state index in [4.69, 9.17) is 27.8 Å². The minimum absolute atomic E-state index is 0.0499. The summed E-state index contributed by atoms with van der Waals surface area (Å²) >= 11 is 4.97. The van der Waals surface area contributed by atoms with E-state index in [0.717, 1.165) is 0 Å². The normalized spacial score (nSPS) is 28.7. The van der Waals surface area contributed by atoms with E-state index in [1.165, 1.54) is 10.8 Å². The SMILES string of the molecule is NC(=O)Cc1cn([C@@H]2O[C@H](CO)C(O)[C@@H]2O)c(=S)[nH]c1=O. The summed E-state index contributed by atoms with van der Waals surface area (Å²) in [5.41, 5.74) is 4.53. The molecule has 4 atom stereocenters. The molecule has 1 aromatic rings. The largest absolute Gasteiger partial charge is 0.394 e. The zero-order valence-corrected chi connectivity index (χ0v) is 11.6. The number of aliphatic hydroxyl groups is 3. The van der Waals surface area contributed by atoms with Crippen molar-refractivity contribution in [1.82, 2.24) is 9.55 Å². The summed E-state index contributed by atoms with van der Waals surface area (Å²) in [4.78, 5) is 24.9. The van der Waals surface area contributed by atoms with Crippen LogP contribution in [0, 0.1) is 4.77 Å². The number of nitrogens with zero attached hydrogens (tertiary/aromatic N) is 1. The van der Waals surface area contributed by atoms with Crippen molar-refractivity contribution in [3.63, 3.8) is 0 Å². The molecule has 0 aliphatic carbocycles. The summed E-state index contributed by atoms with van der Waals surface area (Å²) in [6.45, 7) is -0.487. The van der Waals surface area contributed by atoms with E-state index < -0.39 is 42.6 Å². The maximum absolute atomic E-state index is 11.7. The number of aromatic amines is 1. The summed E-state index contributed by atoms with van der Waals surface area (Å²) in [7, 11) is 0. The number of carbonyl (C=O) groups excluding carboxylic acids is 1. The fourth-order valence-corrected chi connectivity index (χ4v) is 2.39. The number of hydrogen-bond donors (Lipinski definition) is 5. The average Bonchev–Trinajstić information content (AvgIpc) is 2.69. The lowest BCUT2D eigenvalue weighted by molar-refractivity contribution is -0.117. The van der Waals surface area contributed by atoms with Gasteiger partial charge < -0.3 is 25.8 Å². The first kappa shape index (κ1) is 15.8. The molecule has 9 nitrogen and oxygen atoms in total. The zero-order chi connectivity index (χ0) is 15.7. The molecule has 10 heteroatoms. The van der Waals surface area contributed by atoms with Crippen molar-refractivity contribution in [3.8, 4) is 0 Å². The van der Waals surface area contributed by atoms with Gasteiger partial charge in [-0.15, -0.1) is 0 Å². The number of amides is 1. The predicted molar refractivity (Wildman–Crippen MR) is 71.8 cm³/mol. The Bertz CT molecular complexity index is 656. The topological polar surface area (TPSA) is 151 Å². The molecular formula is C11H15N3O6S. The van der Waals surface area contributed by atoms with Gasteiger partial charge in [-0.25, -0.2) is 0 Å². The lowest BCUT2D eigenvalue weighted by Crippen LogP contribution is -2.33. The lowest BCUT2D eigenvalue weighted by Gasteiger charge is -2.19. The molecule has 1 aromatic heterocycles. The monoisotopic (exact) mass is 317 g/mol. The Morgan fingerprint density at radius 1 is 1.48 bits per heavy atom. The Labute approximate surface area is 123 Å². The Hall–Kier alpha value is -1.59. The maximum Gasteiger partial charge on any atom is 0.255 e. The summed E-state index contributed by atoms with van der Waals surface area (Å²) in [6, 6.07) is 0. The number of hydrogen-bond acceptors (Lipinski definition) is 7. The van der Waals surface area contributed by atoms with Gasteiger partial charge in [0.25, 0.3) is 5.56 Å². The average molecular weight is 317 g/mol. The minimum Gasteiger partial charge on any atom is -0.394 e. The number of H-pyrrole nitrogens is 1. The maximum atomic E-state index is 11.7. The standard InChI is InChI=1S/C11H15N3O6S/c12-6(16)1-4-2-14(11(21)13-9(4)19)10-8(18)7(17)5(3-15)20-10/h2,5,7-8,10,15,17-18H,1,3H2,(H2,12,16)(H,13,19,21)/t5-,7?,8+,10-/m1/s1. The van der Waals surface area contributed by atoms with E-state index in [2.05, 4.69) is 4.98 Å². The van der Waals surface area contributed by atoms with Crippen LogP contribution in [0.2, 0.25) is 0 Å². The van der Waals surface area contributed by atoms with E-state index in [0.29, 0.717) is 0 Å². The molecule has 1 fully saturated rings. The molecule has 1 saturated heterocycles. The molecule has 0 radical (unpaired) electrons. The first-order valence-electron chi connectivity index (χ1n) is 6.10. The van der Waals surface area contributed by atoms with E-state index >= 15 is 0 Å². The van der Waals surface area contributed by atoms with Crippen LogP contribution >= 0.6 is 12.2 Å². The van der Waals surface area contributed by atoms with Crippen LogP contribution < -0.4 is 11.3 Å². The summed E-state index contributed by atoms with van der Waals surface area (Å²) < 4.78 is 6.46. The molecule has 2 heterocycles. The highest BCUT2D eigenvalue weighted by atomic mass is 32.1. The number of rotatable bonds is 4. The highest BCUT2D eigenvalue weighted by Crippen LogP contribution is 2.29. The summed E-state index contributed by atoms with van der Waals surface area (Å²) in [6.07, 6.45) is -3.77. The van der Waals surface area contributed by atoms with Gasteiger partial charge in [0, 0.05) is 11.8 Å². The first-order chi connectivity index (χ1) is 9.85. The second kappa shape index (κ2) is 6.03. The second-order valence-corrected chi connectivity index (χ2v) is 5.08. The van der Waals surface area contributed by atoms with Crippen LogP contribution in [0.3, 0.4) is 0 Å². The van der Waals surface area contributed by atoms with Gasteiger partial charge in [0.2, 0.25) is 5.91 Å². The molecular weight excluding hydrogens is 302 g/mol. The Balaban J connectivity index is 2.42. The van der Waals surface area contributed by atoms with Crippen LogP contribution in [0.25, 0.3) is 0 Å². The number of primary amides is 1. The quantitative estimate of drug-likeness (QED) is 0.386. The van der Waals surface area contributed by atoms with Crippen LogP contribution in [0.1, 0.15) is 11.8 Å². The zero-order valence-electron chi connectivity index (χ0n) is 10.8. The van der Waals surface area contributed by atoms with Gasteiger partial charge in [0.05, 0.1) is 13.0 Å². The molecule has 0 aromatic carbocycles. The van der Waals surface area contributed by atoms with Crippen molar-refractivity contribution >= 4 is 18.1 Å². The molecule has 21 heavy (non-hydrogen) atoms. The van der Waals surface area contributed by atoms with Crippen molar-refractivity contribution < 1.29 is 24.9 Å². The third kappa shape index (κ3) is 3.04. The smallest absolute Gasteiger partial charge is 0.255 e. The van der Waals surface area contributed by atoms with Gasteiger partial charge in [-0.05, 0) is 12.2 Å². The highest BCUT2D eigenvalue weighted by Gasteiger charge is 2.43. The first-order valence-corrected chi connectivity index (χ1v) is 6.51. The van der Waals surface area contributed by atoms with Gasteiger partial charge in [-0.1, -0.05) is 0 Å². The van der Waals surface area contributed by atoms with Crippen molar-refractivity contribution in [2.45, 2.75) is 31.0 Å². The van der Waals surface area contributed by atoms with Gasteiger partial charge >= 0.3 is 0 Å². The molecule has 6 N–H and O–H groups in total. The van der Waals surface area contributed by atoms with E-state index in [9.17, 15) is 19.8 Å². The fraction of sp³-hybridized carbons (Fsp3) is 0.545. The fourth-order valence-electron chi connectivity index (χ4n) is 2.14. The Kier molecular flexibility index (Phi) is 4.54. The minimum atomic E-state index is -1.35. The predicted octanol–water partition coefficient (Wildman–Crippen LogP) is -2.45. The number of ether oxygens (including phenoxy) is 1. The van der Waals surface area contributed by atoms with Crippen molar-refractivity contribution in [2.75, 3.05) is 6.61 Å². The van der Waals surface area contributed by atoms with Gasteiger partial charge in [-0.2, -0.15) is 0 Å². The van der Waals surface area contributed by atoms with Crippen molar-refractivity contribution in [3.05, 3.63) is 26.9 Å². The third-order valence-corrected chi connectivity index (χ3v) is 3.51. The number of carbonyl (C=O) groups is 1.